The zero-order valence-corrected chi connectivity index (χ0v) is 17.0. The first-order valence-corrected chi connectivity index (χ1v) is 9.91. The number of nitrogens with one attached hydrogen (secondary N) is 1. The van der Waals surface area contributed by atoms with E-state index in [0.29, 0.717) is 5.02 Å². The highest BCUT2D eigenvalue weighted by Gasteiger charge is 2.43. The summed E-state index contributed by atoms with van der Waals surface area (Å²) in [5.41, 5.74) is -2.89. The lowest BCUT2D eigenvalue weighted by molar-refractivity contribution is -0.137. The Labute approximate surface area is 180 Å². The molecule has 0 spiro atoms. The molecule has 2 N–H and O–H groups in total. The van der Waals surface area contributed by atoms with Gasteiger partial charge in [0.15, 0.2) is 0 Å². The molecule has 1 aliphatic carbocycles. The third kappa shape index (κ3) is 4.87. The highest BCUT2D eigenvalue weighted by molar-refractivity contribution is 6.34. The van der Waals surface area contributed by atoms with Crippen molar-refractivity contribution >= 4 is 29.1 Å². The number of aromatic nitrogens is 1. The summed E-state index contributed by atoms with van der Waals surface area (Å²) in [6.45, 7) is 0. The number of hydrogen-bond donors (Lipinski definition) is 2. The van der Waals surface area contributed by atoms with Gasteiger partial charge in [-0.1, -0.05) is 29.3 Å². The number of amides is 1. The standard InChI is InChI=1S/C20H18Cl2F4N2O2/c21-11-6-9-27-15(10-11)17(19(30)7-4-12(23)5-8-19)28-18(29)13-2-1-3-14(16(13)22)20(24,25)26/h1-3,6,9-10,12,17,30H,4-5,7-8H2,(H,28,29). The molecule has 30 heavy (non-hydrogen) atoms. The number of halogens is 6. The van der Waals surface area contributed by atoms with E-state index in [0.717, 1.165) is 18.2 Å². The monoisotopic (exact) mass is 464 g/mol. The Morgan fingerprint density at radius 3 is 2.50 bits per heavy atom. The second-order valence-corrected chi connectivity index (χ2v) is 8.06. The van der Waals surface area contributed by atoms with E-state index >= 15 is 0 Å². The van der Waals surface area contributed by atoms with Crippen LogP contribution in [0.15, 0.2) is 36.5 Å². The van der Waals surface area contributed by atoms with E-state index in [1.165, 1.54) is 18.3 Å². The fraction of sp³-hybridized carbons (Fsp3) is 0.400. The van der Waals surface area contributed by atoms with Gasteiger partial charge in [-0.25, -0.2) is 4.39 Å². The number of hydrogen-bond acceptors (Lipinski definition) is 3. The van der Waals surface area contributed by atoms with Crippen LogP contribution in [0.4, 0.5) is 17.6 Å². The number of alkyl halides is 4. The molecule has 1 aromatic heterocycles. The molecule has 1 heterocycles. The topological polar surface area (TPSA) is 62.2 Å². The van der Waals surface area contributed by atoms with Gasteiger partial charge in [0.05, 0.1) is 27.4 Å². The number of carbonyl (C=O) groups is 1. The summed E-state index contributed by atoms with van der Waals surface area (Å²) in [4.78, 5) is 17.0. The van der Waals surface area contributed by atoms with Gasteiger partial charge in [0.1, 0.15) is 12.2 Å². The molecule has 1 atom stereocenters. The zero-order valence-electron chi connectivity index (χ0n) is 15.5. The lowest BCUT2D eigenvalue weighted by atomic mass is 9.77. The zero-order chi connectivity index (χ0) is 22.1. The van der Waals surface area contributed by atoms with Crippen LogP contribution in [-0.2, 0) is 6.18 Å². The second-order valence-electron chi connectivity index (χ2n) is 7.25. The molecule has 0 bridgehead atoms. The normalized spacial score (nSPS) is 23.1. The van der Waals surface area contributed by atoms with Crippen LogP contribution in [0.3, 0.4) is 0 Å². The van der Waals surface area contributed by atoms with Gasteiger partial charge in [-0.15, -0.1) is 0 Å². The van der Waals surface area contributed by atoms with Crippen molar-refractivity contribution in [2.24, 2.45) is 0 Å². The fourth-order valence-electron chi connectivity index (χ4n) is 3.57. The van der Waals surface area contributed by atoms with E-state index in [1.54, 1.807) is 0 Å². The van der Waals surface area contributed by atoms with Crippen LogP contribution in [0.2, 0.25) is 10.0 Å². The Hall–Kier alpha value is -1.90. The lowest BCUT2D eigenvalue weighted by Crippen LogP contribution is -2.49. The minimum absolute atomic E-state index is 0.0314. The summed E-state index contributed by atoms with van der Waals surface area (Å²) in [7, 11) is 0. The molecule has 0 radical (unpaired) electrons. The molecule has 1 aromatic carbocycles. The van der Waals surface area contributed by atoms with E-state index in [4.69, 9.17) is 23.2 Å². The molecule has 1 saturated carbocycles. The average Bonchev–Trinajstić information content (AvgIpc) is 2.67. The van der Waals surface area contributed by atoms with Crippen molar-refractivity contribution in [1.29, 1.82) is 0 Å². The van der Waals surface area contributed by atoms with Crippen LogP contribution in [-0.4, -0.2) is 27.8 Å². The molecule has 0 saturated heterocycles. The summed E-state index contributed by atoms with van der Waals surface area (Å²) < 4.78 is 53.0. The predicted molar refractivity (Wildman–Crippen MR) is 104 cm³/mol. The van der Waals surface area contributed by atoms with E-state index in [2.05, 4.69) is 10.3 Å². The molecule has 10 heteroatoms. The minimum atomic E-state index is -4.74. The first-order chi connectivity index (χ1) is 14.0. The van der Waals surface area contributed by atoms with Crippen molar-refractivity contribution in [1.82, 2.24) is 10.3 Å². The van der Waals surface area contributed by atoms with Crippen molar-refractivity contribution < 1.29 is 27.5 Å². The number of carbonyl (C=O) groups excluding carboxylic acids is 1. The number of aliphatic hydroxyl groups is 1. The molecule has 2 aromatic rings. The van der Waals surface area contributed by atoms with Gasteiger partial charge in [-0.2, -0.15) is 13.2 Å². The molecule has 1 aliphatic rings. The molecule has 0 aliphatic heterocycles. The van der Waals surface area contributed by atoms with Crippen LogP contribution < -0.4 is 5.32 Å². The molecule has 1 unspecified atom stereocenters. The molecule has 1 fully saturated rings. The Balaban J connectivity index is 1.97. The highest BCUT2D eigenvalue weighted by Crippen LogP contribution is 2.40. The Bertz CT molecular complexity index is 931. The number of rotatable bonds is 4. The lowest BCUT2D eigenvalue weighted by Gasteiger charge is -2.40. The van der Waals surface area contributed by atoms with Crippen LogP contribution in [0.25, 0.3) is 0 Å². The Morgan fingerprint density at radius 1 is 1.23 bits per heavy atom. The fourth-order valence-corrected chi connectivity index (χ4v) is 4.06. The van der Waals surface area contributed by atoms with Crippen LogP contribution in [0, 0.1) is 0 Å². The third-order valence-electron chi connectivity index (χ3n) is 5.18. The summed E-state index contributed by atoms with van der Waals surface area (Å²) in [5.74, 6) is -0.923. The summed E-state index contributed by atoms with van der Waals surface area (Å²) in [6, 6.07) is 4.79. The Kier molecular flexibility index (Phi) is 6.60. The van der Waals surface area contributed by atoms with Crippen LogP contribution in [0.1, 0.15) is 53.3 Å². The Morgan fingerprint density at radius 2 is 1.90 bits per heavy atom. The van der Waals surface area contributed by atoms with Crippen LogP contribution in [0.5, 0.6) is 0 Å². The first kappa shape index (κ1) is 22.8. The molecule has 1 amide bonds. The maximum absolute atomic E-state index is 13.6. The van der Waals surface area contributed by atoms with Gasteiger partial charge in [0, 0.05) is 11.2 Å². The summed E-state index contributed by atoms with van der Waals surface area (Å²) >= 11 is 11.9. The second kappa shape index (κ2) is 8.69. The first-order valence-electron chi connectivity index (χ1n) is 9.16. The molecular formula is C20H18Cl2F4N2O2. The largest absolute Gasteiger partial charge is 0.417 e. The van der Waals surface area contributed by atoms with Gasteiger partial charge in [-0.05, 0) is 49.9 Å². The van der Waals surface area contributed by atoms with E-state index < -0.39 is 46.0 Å². The molecule has 4 nitrogen and oxygen atoms in total. The summed E-state index contributed by atoms with van der Waals surface area (Å²) in [6.07, 6.45) is -4.22. The van der Waals surface area contributed by atoms with Gasteiger partial charge in [-0.3, -0.25) is 9.78 Å². The number of benzene rings is 1. The number of nitrogens with zero attached hydrogens (tertiary/aromatic N) is 1. The van der Waals surface area contributed by atoms with Crippen molar-refractivity contribution in [3.8, 4) is 0 Å². The minimum Gasteiger partial charge on any atom is -0.387 e. The maximum Gasteiger partial charge on any atom is 0.417 e. The predicted octanol–water partition coefficient (Wildman–Crippen LogP) is 5.52. The van der Waals surface area contributed by atoms with Gasteiger partial charge < -0.3 is 10.4 Å². The SMILES string of the molecule is O=C(NC(c1cc(Cl)ccn1)C1(O)CCC(F)CC1)c1cccc(C(F)(F)F)c1Cl. The molecule has 3 rings (SSSR count). The van der Waals surface area contributed by atoms with Crippen molar-refractivity contribution in [2.45, 2.75) is 49.7 Å². The van der Waals surface area contributed by atoms with E-state index in [9.17, 15) is 27.5 Å². The maximum atomic E-state index is 13.6. The van der Waals surface area contributed by atoms with Crippen molar-refractivity contribution in [2.75, 3.05) is 0 Å². The van der Waals surface area contributed by atoms with Gasteiger partial charge in [0.2, 0.25) is 0 Å². The third-order valence-corrected chi connectivity index (χ3v) is 5.82. The van der Waals surface area contributed by atoms with E-state index in [1.807, 2.05) is 0 Å². The van der Waals surface area contributed by atoms with Crippen LogP contribution >= 0.6 is 23.2 Å². The molecular weight excluding hydrogens is 447 g/mol. The smallest absolute Gasteiger partial charge is 0.387 e. The van der Waals surface area contributed by atoms with E-state index in [-0.39, 0.29) is 31.4 Å². The molecule has 162 valence electrons. The number of pyridine rings is 1. The average molecular weight is 465 g/mol. The quantitative estimate of drug-likeness (QED) is 0.585. The highest BCUT2D eigenvalue weighted by atomic mass is 35.5. The van der Waals surface area contributed by atoms with Crippen molar-refractivity contribution in [3.05, 3.63) is 63.4 Å². The van der Waals surface area contributed by atoms with Gasteiger partial charge in [0.25, 0.3) is 5.91 Å². The van der Waals surface area contributed by atoms with Crippen molar-refractivity contribution in [3.63, 3.8) is 0 Å². The van der Waals surface area contributed by atoms with Gasteiger partial charge >= 0.3 is 6.18 Å². The summed E-state index contributed by atoms with van der Waals surface area (Å²) in [5, 5.41) is 13.2.